The average molecular weight is 353 g/mol. The topological polar surface area (TPSA) is 82.2 Å². The molecule has 1 spiro atoms. The number of rotatable bonds is 3. The quantitative estimate of drug-likeness (QED) is 0.856. The molecule has 26 heavy (non-hydrogen) atoms. The predicted molar refractivity (Wildman–Crippen MR) is 97.5 cm³/mol. The fourth-order valence-electron chi connectivity index (χ4n) is 4.17. The molecule has 2 fully saturated rings. The number of H-pyrrole nitrogens is 1. The molecule has 7 nitrogen and oxygen atoms in total. The predicted octanol–water partition coefficient (Wildman–Crippen LogP) is 1.99. The van der Waals surface area contributed by atoms with Crippen LogP contribution < -0.4 is 0 Å². The van der Waals surface area contributed by atoms with Crippen molar-refractivity contribution in [2.75, 3.05) is 26.2 Å². The molecule has 0 atom stereocenters. The van der Waals surface area contributed by atoms with E-state index in [0.29, 0.717) is 24.0 Å². The summed E-state index contributed by atoms with van der Waals surface area (Å²) >= 11 is 0. The van der Waals surface area contributed by atoms with E-state index in [-0.39, 0.29) is 17.2 Å². The van der Waals surface area contributed by atoms with Crippen LogP contribution in [0.2, 0.25) is 0 Å². The third-order valence-corrected chi connectivity index (χ3v) is 5.77. The molecule has 0 saturated carbocycles. The molecular formula is C19H23N5O2. The maximum absolute atomic E-state index is 12.8. The van der Waals surface area contributed by atoms with E-state index in [0.717, 1.165) is 44.4 Å². The van der Waals surface area contributed by atoms with Crippen molar-refractivity contribution in [1.29, 1.82) is 0 Å². The second kappa shape index (κ2) is 6.55. The number of aromatic amines is 1. The van der Waals surface area contributed by atoms with Crippen molar-refractivity contribution in [2.45, 2.75) is 25.7 Å². The summed E-state index contributed by atoms with van der Waals surface area (Å²) in [5, 5.41) is 10.6. The maximum Gasteiger partial charge on any atom is 0.253 e. The maximum atomic E-state index is 12.8. The van der Waals surface area contributed by atoms with E-state index in [1.807, 2.05) is 21.9 Å². The Morgan fingerprint density at radius 1 is 1.23 bits per heavy atom. The molecule has 2 amide bonds. The van der Waals surface area contributed by atoms with Gasteiger partial charge in [-0.1, -0.05) is 6.08 Å². The fourth-order valence-corrected chi connectivity index (χ4v) is 4.17. The number of hydrogen-bond donors (Lipinski definition) is 1. The molecule has 2 saturated heterocycles. The number of likely N-dealkylation sites (tertiary alicyclic amines) is 2. The molecular weight excluding hydrogens is 330 g/mol. The lowest BCUT2D eigenvalue weighted by molar-refractivity contribution is -0.138. The first kappa shape index (κ1) is 16.8. The van der Waals surface area contributed by atoms with Gasteiger partial charge in [0.05, 0.1) is 0 Å². The Morgan fingerprint density at radius 2 is 2.00 bits per heavy atom. The number of hydrogen-bond acceptors (Lipinski definition) is 4. The third kappa shape index (κ3) is 2.98. The molecule has 136 valence electrons. The lowest BCUT2D eigenvalue weighted by atomic mass is 9.72. The van der Waals surface area contributed by atoms with E-state index < -0.39 is 0 Å². The van der Waals surface area contributed by atoms with Gasteiger partial charge in [-0.15, -0.1) is 6.58 Å². The van der Waals surface area contributed by atoms with Gasteiger partial charge in [-0.05, 0) is 42.9 Å². The third-order valence-electron chi connectivity index (χ3n) is 5.77. The number of piperidine rings is 2. The Morgan fingerprint density at radius 3 is 2.77 bits per heavy atom. The SMILES string of the molecule is C=CCN1CC2(CCC1=O)CCN(C(=O)c1ccc3n[nH]nc3c1)CC2. The van der Waals surface area contributed by atoms with Crippen molar-refractivity contribution in [3.05, 3.63) is 36.4 Å². The Kier molecular flexibility index (Phi) is 4.22. The minimum atomic E-state index is 0.0413. The van der Waals surface area contributed by atoms with Crippen LogP contribution in [0.15, 0.2) is 30.9 Å². The smallest absolute Gasteiger partial charge is 0.253 e. The van der Waals surface area contributed by atoms with Gasteiger partial charge >= 0.3 is 0 Å². The normalized spacial score (nSPS) is 19.9. The first-order valence-corrected chi connectivity index (χ1v) is 9.09. The molecule has 0 unspecified atom stereocenters. The zero-order chi connectivity index (χ0) is 18.1. The number of carbonyl (C=O) groups excluding carboxylic acids is 2. The summed E-state index contributed by atoms with van der Waals surface area (Å²) in [6.45, 7) is 6.60. The average Bonchev–Trinajstić information content (AvgIpc) is 3.13. The molecule has 0 aliphatic carbocycles. The van der Waals surface area contributed by atoms with Crippen molar-refractivity contribution in [2.24, 2.45) is 5.41 Å². The number of fused-ring (bicyclic) bond motifs is 1. The highest BCUT2D eigenvalue weighted by molar-refractivity contribution is 5.97. The Labute approximate surface area is 152 Å². The molecule has 0 bridgehead atoms. The van der Waals surface area contributed by atoms with Crippen molar-refractivity contribution in [3.8, 4) is 0 Å². The van der Waals surface area contributed by atoms with E-state index >= 15 is 0 Å². The Hall–Kier alpha value is -2.70. The molecule has 2 aliphatic rings. The van der Waals surface area contributed by atoms with Gasteiger partial charge in [-0.25, -0.2) is 0 Å². The van der Waals surface area contributed by atoms with Crippen LogP contribution in [0.25, 0.3) is 11.0 Å². The highest BCUT2D eigenvalue weighted by atomic mass is 16.2. The minimum absolute atomic E-state index is 0.0413. The van der Waals surface area contributed by atoms with Crippen LogP contribution in [0.4, 0.5) is 0 Å². The summed E-state index contributed by atoms with van der Waals surface area (Å²) in [6.07, 6.45) is 5.18. The molecule has 1 aromatic heterocycles. The number of benzene rings is 1. The molecule has 0 radical (unpaired) electrons. The number of nitrogens with one attached hydrogen (secondary N) is 1. The van der Waals surface area contributed by atoms with E-state index in [9.17, 15) is 9.59 Å². The second-order valence-corrected chi connectivity index (χ2v) is 7.38. The fraction of sp³-hybridized carbons (Fsp3) is 0.474. The van der Waals surface area contributed by atoms with Gasteiger partial charge in [0.2, 0.25) is 5.91 Å². The van der Waals surface area contributed by atoms with Crippen LogP contribution in [0, 0.1) is 5.41 Å². The van der Waals surface area contributed by atoms with Crippen molar-refractivity contribution >= 4 is 22.8 Å². The molecule has 7 heteroatoms. The van der Waals surface area contributed by atoms with Crippen LogP contribution in [0.3, 0.4) is 0 Å². The van der Waals surface area contributed by atoms with Gasteiger partial charge in [0.25, 0.3) is 5.91 Å². The molecule has 4 rings (SSSR count). The van der Waals surface area contributed by atoms with E-state index in [1.54, 1.807) is 12.1 Å². The van der Waals surface area contributed by atoms with Gasteiger partial charge in [0.15, 0.2) is 0 Å². The van der Waals surface area contributed by atoms with E-state index in [4.69, 9.17) is 0 Å². The summed E-state index contributed by atoms with van der Waals surface area (Å²) in [5.41, 5.74) is 2.25. The standard InChI is InChI=1S/C19H23N5O2/c1-2-9-24-13-19(6-5-17(24)25)7-10-23(11-8-19)18(26)14-3-4-15-16(12-14)21-22-20-15/h2-4,12H,1,5-11,13H2,(H,20,21,22). The molecule has 3 heterocycles. The summed E-state index contributed by atoms with van der Waals surface area (Å²) in [5.74, 6) is 0.259. The zero-order valence-corrected chi connectivity index (χ0v) is 14.8. The van der Waals surface area contributed by atoms with E-state index in [2.05, 4.69) is 22.0 Å². The number of nitrogens with zero attached hydrogens (tertiary/aromatic N) is 4. The Bertz CT molecular complexity index is 850. The van der Waals surface area contributed by atoms with Crippen LogP contribution in [0.1, 0.15) is 36.0 Å². The molecule has 1 aromatic carbocycles. The summed E-state index contributed by atoms with van der Waals surface area (Å²) in [4.78, 5) is 28.7. The monoisotopic (exact) mass is 353 g/mol. The lowest BCUT2D eigenvalue weighted by Gasteiger charge is -2.47. The second-order valence-electron chi connectivity index (χ2n) is 7.38. The highest BCUT2D eigenvalue weighted by Crippen LogP contribution is 2.40. The van der Waals surface area contributed by atoms with Gasteiger partial charge in [-0.2, -0.15) is 15.4 Å². The van der Waals surface area contributed by atoms with Gasteiger partial charge in [0.1, 0.15) is 11.0 Å². The number of aromatic nitrogens is 3. The largest absolute Gasteiger partial charge is 0.339 e. The minimum Gasteiger partial charge on any atom is -0.339 e. The van der Waals surface area contributed by atoms with Gasteiger partial charge in [0, 0.05) is 38.2 Å². The first-order valence-electron chi connectivity index (χ1n) is 9.09. The van der Waals surface area contributed by atoms with Crippen LogP contribution >= 0.6 is 0 Å². The lowest BCUT2D eigenvalue weighted by Crippen LogP contribution is -2.52. The highest BCUT2D eigenvalue weighted by Gasteiger charge is 2.41. The summed E-state index contributed by atoms with van der Waals surface area (Å²) in [6, 6.07) is 5.41. The molecule has 2 aromatic rings. The van der Waals surface area contributed by atoms with Crippen molar-refractivity contribution < 1.29 is 9.59 Å². The van der Waals surface area contributed by atoms with Crippen LogP contribution in [-0.2, 0) is 4.79 Å². The molecule has 1 N–H and O–H groups in total. The van der Waals surface area contributed by atoms with Crippen molar-refractivity contribution in [1.82, 2.24) is 25.2 Å². The summed E-state index contributed by atoms with van der Waals surface area (Å²) in [7, 11) is 0. The zero-order valence-electron chi connectivity index (χ0n) is 14.8. The molecule has 2 aliphatic heterocycles. The van der Waals surface area contributed by atoms with Crippen molar-refractivity contribution in [3.63, 3.8) is 0 Å². The van der Waals surface area contributed by atoms with Gasteiger partial charge in [-0.3, -0.25) is 9.59 Å². The number of carbonyl (C=O) groups is 2. The summed E-state index contributed by atoms with van der Waals surface area (Å²) < 4.78 is 0. The van der Waals surface area contributed by atoms with Gasteiger partial charge < -0.3 is 9.80 Å². The first-order chi connectivity index (χ1) is 12.6. The van der Waals surface area contributed by atoms with E-state index in [1.165, 1.54) is 0 Å². The Balaban J connectivity index is 1.43. The van der Waals surface area contributed by atoms with Crippen LogP contribution in [0.5, 0.6) is 0 Å². The number of amides is 2. The van der Waals surface area contributed by atoms with Crippen LogP contribution in [-0.4, -0.2) is 63.2 Å².